The molecule has 7 nitrogen and oxygen atoms in total. The predicted molar refractivity (Wildman–Crippen MR) is 175 cm³/mol. The Kier molecular flexibility index (Phi) is 7.72. The lowest BCUT2D eigenvalue weighted by Gasteiger charge is -2.60. The number of carbonyl (C=O) groups is 2. The second-order valence-corrected chi connectivity index (χ2v) is 18.0. The highest BCUT2D eigenvalue weighted by Gasteiger charge is 2.82. The van der Waals surface area contributed by atoms with E-state index in [2.05, 4.69) is 33.0 Å². The monoisotopic (exact) mass is 668 g/mol. The van der Waals surface area contributed by atoms with Gasteiger partial charge in [-0.2, -0.15) is 0 Å². The first-order valence-electron chi connectivity index (χ1n) is 18.7. The maximum absolute atomic E-state index is 13.9. The van der Waals surface area contributed by atoms with Gasteiger partial charge >= 0.3 is 5.97 Å². The Hall–Kier alpha value is -2.10. The first-order valence-corrected chi connectivity index (χ1v) is 18.7. The molecule has 9 heteroatoms. The third-order valence-corrected chi connectivity index (χ3v) is 15.5. The summed E-state index contributed by atoms with van der Waals surface area (Å²) in [7, 11) is 0. The fraction of sp³-hybridized carbons (Fsp3) is 0.795. The maximum atomic E-state index is 13.9. The molecule has 48 heavy (non-hydrogen) atoms. The number of amides is 1. The average molecular weight is 669 g/mol. The van der Waals surface area contributed by atoms with Crippen LogP contribution in [0.2, 0.25) is 0 Å². The molecule has 7 aliphatic rings. The molecule has 0 bridgehead atoms. The van der Waals surface area contributed by atoms with Crippen LogP contribution in [0.1, 0.15) is 91.5 Å². The number of aliphatic hydroxyl groups is 1. The van der Waals surface area contributed by atoms with Crippen LogP contribution in [0.15, 0.2) is 18.2 Å². The highest BCUT2D eigenvalue weighted by atomic mass is 19.1. The van der Waals surface area contributed by atoms with Crippen LogP contribution in [0.3, 0.4) is 0 Å². The van der Waals surface area contributed by atoms with Gasteiger partial charge in [-0.3, -0.25) is 9.59 Å². The lowest BCUT2D eigenvalue weighted by molar-refractivity contribution is -0.182. The van der Waals surface area contributed by atoms with Crippen molar-refractivity contribution < 1.29 is 33.0 Å². The number of carbonyl (C=O) groups excluding carboxylic acids is 2. The summed E-state index contributed by atoms with van der Waals surface area (Å²) in [4.78, 5) is 27.2. The summed E-state index contributed by atoms with van der Waals surface area (Å²) in [5.74, 6) is 0.175. The normalized spacial score (nSPS) is 45.4. The largest absolute Gasteiger partial charge is 0.462 e. The summed E-state index contributed by atoms with van der Waals surface area (Å²) >= 11 is 0. The number of esters is 1. The van der Waals surface area contributed by atoms with Crippen LogP contribution in [0.25, 0.3) is 0 Å². The van der Waals surface area contributed by atoms with Crippen LogP contribution in [-0.2, 0) is 25.6 Å². The van der Waals surface area contributed by atoms with E-state index in [1.807, 2.05) is 0 Å². The molecule has 7 fully saturated rings. The zero-order chi connectivity index (χ0) is 34.0. The van der Waals surface area contributed by atoms with E-state index in [4.69, 9.17) is 9.47 Å². The van der Waals surface area contributed by atoms with E-state index in [-0.39, 0.29) is 76.1 Å². The number of rotatable bonds is 6. The lowest BCUT2D eigenvalue weighted by Crippen LogP contribution is -2.57. The van der Waals surface area contributed by atoms with Crippen molar-refractivity contribution in [3.8, 4) is 0 Å². The van der Waals surface area contributed by atoms with Gasteiger partial charge in [0.05, 0.1) is 24.2 Å². The average Bonchev–Trinajstić information content (AvgIpc) is 3.57. The molecular weight excluding hydrogens is 614 g/mol. The Morgan fingerprint density at radius 1 is 1.02 bits per heavy atom. The Morgan fingerprint density at radius 2 is 1.75 bits per heavy atom. The molecule has 1 aromatic rings. The predicted octanol–water partition coefficient (Wildman–Crippen LogP) is 5.87. The number of hydrogen-bond acceptors (Lipinski definition) is 6. The number of nitrogens with one attached hydrogen (secondary N) is 1. The van der Waals surface area contributed by atoms with Crippen LogP contribution >= 0.6 is 0 Å². The van der Waals surface area contributed by atoms with E-state index in [0.29, 0.717) is 29.9 Å². The number of halogens is 2. The molecule has 5 aliphatic carbocycles. The van der Waals surface area contributed by atoms with Gasteiger partial charge < -0.3 is 24.8 Å². The minimum absolute atomic E-state index is 0.00384. The van der Waals surface area contributed by atoms with Gasteiger partial charge in [0.25, 0.3) is 0 Å². The third kappa shape index (κ3) is 4.72. The molecule has 2 aliphatic heterocycles. The van der Waals surface area contributed by atoms with Gasteiger partial charge in [0.15, 0.2) is 0 Å². The van der Waals surface area contributed by atoms with Gasteiger partial charge in [-0.1, -0.05) is 27.7 Å². The second-order valence-electron chi connectivity index (χ2n) is 18.0. The van der Waals surface area contributed by atoms with Crippen molar-refractivity contribution in [2.24, 2.45) is 57.2 Å². The Bertz CT molecular complexity index is 1460. The topological polar surface area (TPSA) is 88.1 Å². The molecule has 2 spiro atoms. The van der Waals surface area contributed by atoms with E-state index in [1.54, 1.807) is 4.90 Å². The summed E-state index contributed by atoms with van der Waals surface area (Å²) in [5.41, 5.74) is 0.830. The zero-order valence-corrected chi connectivity index (χ0v) is 29.3. The number of fused-ring (bicyclic) bond motifs is 4. The molecular formula is C39H54F2N2O5. The highest BCUT2D eigenvalue weighted by molar-refractivity contribution is 5.74. The zero-order valence-electron chi connectivity index (χ0n) is 29.3. The van der Waals surface area contributed by atoms with Crippen LogP contribution in [0.4, 0.5) is 8.78 Å². The molecule has 12 unspecified atom stereocenters. The second kappa shape index (κ2) is 11.2. The van der Waals surface area contributed by atoms with Gasteiger partial charge in [-0.25, -0.2) is 8.78 Å². The molecule has 264 valence electrons. The molecule has 2 heterocycles. The fourth-order valence-corrected chi connectivity index (χ4v) is 13.4. The molecule has 1 aromatic carbocycles. The summed E-state index contributed by atoms with van der Waals surface area (Å²) in [6.45, 7) is 12.8. The molecule has 2 saturated heterocycles. The molecule has 5 saturated carbocycles. The van der Waals surface area contributed by atoms with Crippen molar-refractivity contribution in [2.75, 3.05) is 19.6 Å². The van der Waals surface area contributed by atoms with Crippen LogP contribution in [-0.4, -0.2) is 65.9 Å². The molecule has 0 radical (unpaired) electrons. The first kappa shape index (κ1) is 33.1. The minimum atomic E-state index is -0.658. The Balaban J connectivity index is 0.995. The SMILES string of the molecule is CC(=O)N(Cc1cc(F)cc(F)c1)CC1CC(C)C2C(O1)C(O)C1C3CCC4C(C)(C)C(OC(=O)C5CNC5)CCC45CC35CCC21C. The van der Waals surface area contributed by atoms with Crippen LogP contribution in [0.5, 0.6) is 0 Å². The minimum Gasteiger partial charge on any atom is -0.462 e. The van der Waals surface area contributed by atoms with Crippen molar-refractivity contribution in [3.05, 3.63) is 35.4 Å². The van der Waals surface area contributed by atoms with E-state index in [9.17, 15) is 23.5 Å². The summed E-state index contributed by atoms with van der Waals surface area (Å²) < 4.78 is 40.9. The molecule has 12 atom stereocenters. The number of nitrogens with zero attached hydrogens (tertiary/aromatic N) is 1. The number of benzene rings is 1. The van der Waals surface area contributed by atoms with E-state index >= 15 is 0 Å². The number of aliphatic hydroxyl groups excluding tert-OH is 1. The molecule has 8 rings (SSSR count). The van der Waals surface area contributed by atoms with Gasteiger partial charge in [0.1, 0.15) is 17.7 Å². The smallest absolute Gasteiger partial charge is 0.311 e. The molecule has 0 aromatic heterocycles. The van der Waals surface area contributed by atoms with Crippen molar-refractivity contribution >= 4 is 11.9 Å². The van der Waals surface area contributed by atoms with E-state index in [0.717, 1.165) is 57.7 Å². The van der Waals surface area contributed by atoms with E-state index in [1.165, 1.54) is 31.9 Å². The highest BCUT2D eigenvalue weighted by Crippen LogP contribution is 2.87. The van der Waals surface area contributed by atoms with Crippen molar-refractivity contribution in [2.45, 2.75) is 117 Å². The molecule has 2 N–H and O–H groups in total. The first-order chi connectivity index (χ1) is 22.7. The van der Waals surface area contributed by atoms with Crippen molar-refractivity contribution in [1.29, 1.82) is 0 Å². The summed E-state index contributed by atoms with van der Waals surface area (Å²) in [5, 5.41) is 15.5. The van der Waals surface area contributed by atoms with Crippen molar-refractivity contribution in [1.82, 2.24) is 10.2 Å². The fourth-order valence-electron chi connectivity index (χ4n) is 13.4. The van der Waals surface area contributed by atoms with E-state index < -0.39 is 17.7 Å². The summed E-state index contributed by atoms with van der Waals surface area (Å²) in [6, 6.07) is 3.38. The van der Waals surface area contributed by atoms with Gasteiger partial charge in [0, 0.05) is 44.6 Å². The quantitative estimate of drug-likeness (QED) is 0.369. The van der Waals surface area contributed by atoms with Crippen LogP contribution in [0, 0.1) is 68.8 Å². The van der Waals surface area contributed by atoms with Gasteiger partial charge in [0.2, 0.25) is 5.91 Å². The van der Waals surface area contributed by atoms with Gasteiger partial charge in [-0.15, -0.1) is 0 Å². The number of hydrogen-bond donors (Lipinski definition) is 2. The number of ether oxygens (including phenoxy) is 2. The lowest BCUT2D eigenvalue weighted by atomic mass is 9.46. The Morgan fingerprint density at radius 3 is 2.42 bits per heavy atom. The van der Waals surface area contributed by atoms with Crippen LogP contribution < -0.4 is 5.32 Å². The molecule has 1 amide bonds. The van der Waals surface area contributed by atoms with Gasteiger partial charge in [-0.05, 0) is 115 Å². The Labute approximate surface area is 283 Å². The maximum Gasteiger partial charge on any atom is 0.311 e. The van der Waals surface area contributed by atoms with Crippen molar-refractivity contribution in [3.63, 3.8) is 0 Å². The third-order valence-electron chi connectivity index (χ3n) is 15.5. The standard InChI is InChI=1S/C39H54F2N2O5/c1-21-12-27(19-43(22(2)44)18-23-13-25(40)15-26(41)14-23)47-34-31(21)37(5)10-11-38-20-39(38)9-8-30(48-35(46)24-16-42-17-24)36(3,4)29(39)7-6-28(38)32(37)33(34)45/h13-15,21,24,27-34,42,45H,6-12,16-20H2,1-5H3. The summed E-state index contributed by atoms with van der Waals surface area (Å²) in [6.07, 6.45) is 7.40.